The van der Waals surface area contributed by atoms with Crippen LogP contribution in [0.5, 0.6) is 5.75 Å². The summed E-state index contributed by atoms with van der Waals surface area (Å²) in [7, 11) is -1.38. The third kappa shape index (κ3) is 2.99. The fourth-order valence-corrected chi connectivity index (χ4v) is 5.69. The number of fused-ring (bicyclic) bond motifs is 7. The van der Waals surface area contributed by atoms with Crippen molar-refractivity contribution in [3.8, 4) is 22.9 Å². The summed E-state index contributed by atoms with van der Waals surface area (Å²) in [5.74, 6) is 0.597. The van der Waals surface area contributed by atoms with Gasteiger partial charge >= 0.3 is 0 Å². The number of benzene rings is 1. The molecule has 2 aromatic heterocycles. The summed E-state index contributed by atoms with van der Waals surface area (Å²) in [5, 5.41) is 18.2. The second-order valence-corrected chi connectivity index (χ2v) is 9.78. The van der Waals surface area contributed by atoms with Gasteiger partial charge in [-0.25, -0.2) is 13.5 Å². The first-order chi connectivity index (χ1) is 15.3. The number of hydrogen-bond donors (Lipinski definition) is 1. The highest BCUT2D eigenvalue weighted by atomic mass is 32.2. The van der Waals surface area contributed by atoms with Crippen molar-refractivity contribution in [1.29, 1.82) is 5.26 Å². The van der Waals surface area contributed by atoms with E-state index in [1.165, 1.54) is 11.0 Å². The molecule has 0 fully saturated rings. The summed E-state index contributed by atoms with van der Waals surface area (Å²) in [6.07, 6.45) is 2.58. The van der Waals surface area contributed by atoms with Gasteiger partial charge in [-0.15, -0.1) is 5.10 Å². The molecule has 0 saturated carbocycles. The molecule has 0 amide bonds. The van der Waals surface area contributed by atoms with E-state index in [0.717, 1.165) is 11.1 Å². The van der Waals surface area contributed by atoms with Crippen molar-refractivity contribution in [1.82, 2.24) is 14.8 Å². The van der Waals surface area contributed by atoms with E-state index in [9.17, 15) is 9.47 Å². The first-order valence-corrected chi connectivity index (χ1v) is 11.5. The van der Waals surface area contributed by atoms with Gasteiger partial charge in [0, 0.05) is 29.9 Å². The molecule has 2 aliphatic rings. The molecule has 0 spiro atoms. The Labute approximate surface area is 185 Å². The molecule has 1 unspecified atom stereocenters. The summed E-state index contributed by atoms with van der Waals surface area (Å²) >= 11 is 0. The highest BCUT2D eigenvalue weighted by Crippen LogP contribution is 2.39. The zero-order valence-corrected chi connectivity index (χ0v) is 18.5. The highest BCUT2D eigenvalue weighted by molar-refractivity contribution is 7.95. The topological polar surface area (TPSA) is 135 Å². The maximum atomic E-state index is 14.0. The zero-order valence-electron chi connectivity index (χ0n) is 17.7. The lowest BCUT2D eigenvalue weighted by atomic mass is 10.0. The molecule has 1 aromatic carbocycles. The van der Waals surface area contributed by atoms with Crippen LogP contribution in [0, 0.1) is 18.3 Å². The Hall–Kier alpha value is -3.91. The summed E-state index contributed by atoms with van der Waals surface area (Å²) < 4.78 is 27.4. The lowest BCUT2D eigenvalue weighted by Gasteiger charge is -2.26. The van der Waals surface area contributed by atoms with E-state index in [0.29, 0.717) is 34.0 Å². The molecule has 11 heteroatoms. The molecule has 32 heavy (non-hydrogen) atoms. The fraction of sp³-hybridized carbons (Fsp3) is 0.238. The molecule has 4 heterocycles. The van der Waals surface area contributed by atoms with Crippen LogP contribution in [0.2, 0.25) is 0 Å². The van der Waals surface area contributed by atoms with Crippen LogP contribution in [0.1, 0.15) is 35.5 Å². The van der Waals surface area contributed by atoms with E-state index in [1.54, 1.807) is 23.6 Å². The second kappa shape index (κ2) is 7.06. The van der Waals surface area contributed by atoms with Crippen molar-refractivity contribution >= 4 is 27.8 Å². The summed E-state index contributed by atoms with van der Waals surface area (Å²) in [5.41, 5.74) is 10.5. The number of aromatic nitrogens is 3. The number of rotatable bonds is 0. The number of nitrogen functional groups attached to an aromatic ring is 1. The lowest BCUT2D eigenvalue weighted by molar-refractivity contribution is 0.228. The van der Waals surface area contributed by atoms with Crippen LogP contribution < -0.4 is 14.8 Å². The van der Waals surface area contributed by atoms with Crippen LogP contribution in [-0.4, -0.2) is 25.3 Å². The van der Waals surface area contributed by atoms with Crippen molar-refractivity contribution in [3.05, 3.63) is 53.0 Å². The minimum absolute atomic E-state index is 0.0277. The maximum Gasteiger partial charge on any atom is 0.166 e. The minimum Gasteiger partial charge on any atom is -0.482 e. The predicted molar refractivity (Wildman–Crippen MR) is 121 cm³/mol. The number of anilines is 2. The third-order valence-electron chi connectivity index (χ3n) is 5.52. The first kappa shape index (κ1) is 20.0. The van der Waals surface area contributed by atoms with Gasteiger partial charge in [-0.2, -0.15) is 10.4 Å². The highest BCUT2D eigenvalue weighted by Gasteiger charge is 2.32. The zero-order chi connectivity index (χ0) is 22.6. The lowest BCUT2D eigenvalue weighted by Crippen LogP contribution is -2.29. The summed E-state index contributed by atoms with van der Waals surface area (Å²) in [6.45, 7) is 3.86. The Balaban J connectivity index is 1.83. The van der Waals surface area contributed by atoms with Crippen molar-refractivity contribution in [2.75, 3.05) is 10.0 Å². The normalized spacial score (nSPS) is 21.2. The van der Waals surface area contributed by atoms with Gasteiger partial charge in [0.25, 0.3) is 0 Å². The number of nitrogens with zero attached hydrogens (tertiary/aromatic N) is 7. The number of pyridine rings is 1. The third-order valence-corrected chi connectivity index (χ3v) is 7.43. The Morgan fingerprint density at radius 2 is 2.16 bits per heavy atom. The van der Waals surface area contributed by atoms with Gasteiger partial charge in [0.2, 0.25) is 0 Å². The summed E-state index contributed by atoms with van der Waals surface area (Å²) in [4.78, 5) is 4.28. The van der Waals surface area contributed by atoms with Crippen molar-refractivity contribution in [2.24, 2.45) is 16.6 Å². The molecule has 10 nitrogen and oxygen atoms in total. The quantitative estimate of drug-likeness (QED) is 0.562. The Morgan fingerprint density at radius 3 is 2.94 bits per heavy atom. The van der Waals surface area contributed by atoms with Gasteiger partial charge in [-0.1, -0.05) is 22.2 Å². The van der Waals surface area contributed by atoms with E-state index in [1.807, 2.05) is 32.0 Å². The molecule has 162 valence electrons. The average molecular weight is 449 g/mol. The molecule has 5 rings (SSSR count). The number of nitrogens with two attached hydrogens (primary N) is 1. The average Bonchev–Trinajstić information content (AvgIpc) is 3.27. The summed E-state index contributed by atoms with van der Waals surface area (Å²) in [6, 6.07) is 9.70. The molecule has 2 aliphatic heterocycles. The largest absolute Gasteiger partial charge is 0.482 e. The van der Waals surface area contributed by atoms with Gasteiger partial charge in [0.15, 0.2) is 21.5 Å². The van der Waals surface area contributed by atoms with E-state index in [4.69, 9.17) is 10.5 Å². The number of hydrogen-bond acceptors (Lipinski definition) is 8. The molecule has 2 bridgehead atoms. The van der Waals surface area contributed by atoms with Crippen molar-refractivity contribution in [3.63, 3.8) is 0 Å². The van der Waals surface area contributed by atoms with Gasteiger partial charge in [0.05, 0.1) is 17.1 Å². The van der Waals surface area contributed by atoms with Crippen LogP contribution in [0.4, 0.5) is 11.5 Å². The van der Waals surface area contributed by atoms with E-state index in [2.05, 4.69) is 25.7 Å². The minimum atomic E-state index is -3.05. The van der Waals surface area contributed by atoms with E-state index >= 15 is 0 Å². The second-order valence-electron chi connectivity index (χ2n) is 7.72. The molecular weight excluding hydrogens is 428 g/mol. The molecule has 0 aliphatic carbocycles. The molecule has 2 N–H and O–H groups in total. The molecule has 2 atom stereocenters. The molecule has 0 radical (unpaired) electrons. The van der Waals surface area contributed by atoms with Crippen molar-refractivity contribution < 1.29 is 8.95 Å². The number of aryl methyl sites for hydroxylation is 2. The van der Waals surface area contributed by atoms with Gasteiger partial charge < -0.3 is 10.5 Å². The predicted octanol–water partition coefficient (Wildman–Crippen LogP) is 3.04. The number of ether oxygens (including phenoxy) is 1. The first-order valence-electron chi connectivity index (χ1n) is 9.86. The van der Waals surface area contributed by atoms with Crippen LogP contribution in [0.15, 0.2) is 40.0 Å². The Bertz CT molecular complexity index is 1460. The van der Waals surface area contributed by atoms with Crippen LogP contribution >= 0.6 is 0 Å². The van der Waals surface area contributed by atoms with E-state index in [-0.39, 0.29) is 11.6 Å². The smallest absolute Gasteiger partial charge is 0.166 e. The standard InChI is InChI=1S/C21H20N8O2S/c1-12-4-5-17-15(6-12)13(2)31-19-7-14(9-24-21(19)23)20-16(26-28(3)18(20)8-22)10-32(30)27-25-11-29(17)32/h4-7,9,11,13H,10H2,1-3H3,(H2,23,24)/t13-,32?/m1/s1. The Kier molecular flexibility index (Phi) is 4.42. The molecule has 0 saturated heterocycles. The van der Waals surface area contributed by atoms with E-state index < -0.39 is 16.0 Å². The van der Waals surface area contributed by atoms with Crippen LogP contribution in [0.3, 0.4) is 0 Å². The monoisotopic (exact) mass is 448 g/mol. The maximum absolute atomic E-state index is 14.0. The van der Waals surface area contributed by atoms with Crippen LogP contribution in [0.25, 0.3) is 11.1 Å². The van der Waals surface area contributed by atoms with Gasteiger partial charge in [-0.3, -0.25) is 4.68 Å². The van der Waals surface area contributed by atoms with Crippen LogP contribution in [-0.2, 0) is 22.7 Å². The Morgan fingerprint density at radius 1 is 1.34 bits per heavy atom. The molecule has 3 aromatic rings. The molecular formula is C21H20N8O2S. The van der Waals surface area contributed by atoms with Gasteiger partial charge in [0.1, 0.15) is 24.2 Å². The van der Waals surface area contributed by atoms with Crippen molar-refractivity contribution in [2.45, 2.75) is 25.7 Å². The fourth-order valence-electron chi connectivity index (χ4n) is 4.00. The SMILES string of the molecule is Cc1ccc2c(c1)[C@@H](C)Oc1cc(cnc1N)-c1c(nn(C)c1C#N)CS1(=O)=NN=CN21. The number of nitriles is 1. The van der Waals surface area contributed by atoms with Gasteiger partial charge in [-0.05, 0) is 26.0 Å².